The lowest BCUT2D eigenvalue weighted by atomic mass is 10.1. The van der Waals surface area contributed by atoms with E-state index in [1.807, 2.05) is 62.6 Å². The molecule has 0 aliphatic heterocycles. The molecule has 2 aromatic carbocycles. The number of nitrogens with zero attached hydrogens (tertiary/aromatic N) is 3. The van der Waals surface area contributed by atoms with Gasteiger partial charge in [-0.05, 0) is 35.9 Å². The van der Waals surface area contributed by atoms with Crippen LogP contribution in [0.15, 0.2) is 60.7 Å². The summed E-state index contributed by atoms with van der Waals surface area (Å²) in [5.41, 5.74) is 4.53. The lowest BCUT2D eigenvalue weighted by molar-refractivity contribution is 1.13. The maximum absolute atomic E-state index is 9.38. The number of rotatable bonds is 4. The predicted molar refractivity (Wildman–Crippen MR) is 99.5 cm³/mol. The van der Waals surface area contributed by atoms with E-state index in [-0.39, 0.29) is 0 Å². The van der Waals surface area contributed by atoms with Crippen LogP contribution in [0.1, 0.15) is 11.4 Å². The van der Waals surface area contributed by atoms with E-state index < -0.39 is 0 Å². The number of imidazole rings is 1. The molecule has 3 aromatic rings. The number of benzene rings is 2. The molecule has 0 aliphatic carbocycles. The normalized spacial score (nSPS) is 11.8. The van der Waals surface area contributed by atoms with Crippen molar-refractivity contribution in [2.24, 2.45) is 0 Å². The van der Waals surface area contributed by atoms with E-state index in [9.17, 15) is 5.26 Å². The number of anilines is 1. The molecule has 0 saturated heterocycles. The topological polar surface area (TPSA) is 55.7 Å². The summed E-state index contributed by atoms with van der Waals surface area (Å²) in [5.74, 6) is 0.589. The molecule has 0 aliphatic rings. The largest absolute Gasteiger partial charge is 0.378 e. The second kappa shape index (κ2) is 6.84. The van der Waals surface area contributed by atoms with E-state index in [0.717, 1.165) is 22.3 Å². The first-order valence-corrected chi connectivity index (χ1v) is 7.68. The summed E-state index contributed by atoms with van der Waals surface area (Å²) in [7, 11) is 4.03. The van der Waals surface area contributed by atoms with Crippen LogP contribution < -0.4 is 4.90 Å². The highest BCUT2D eigenvalue weighted by molar-refractivity contribution is 5.82. The predicted octanol–water partition coefficient (Wildman–Crippen LogP) is 4.25. The van der Waals surface area contributed by atoms with Gasteiger partial charge in [0.2, 0.25) is 0 Å². The zero-order valence-electron chi connectivity index (χ0n) is 13.7. The summed E-state index contributed by atoms with van der Waals surface area (Å²) < 4.78 is 0. The summed E-state index contributed by atoms with van der Waals surface area (Å²) in [6.45, 7) is 0. The molecule has 0 amide bonds. The van der Waals surface area contributed by atoms with Crippen LogP contribution in [-0.4, -0.2) is 24.1 Å². The average molecular weight is 314 g/mol. The Bertz CT molecular complexity index is 905. The van der Waals surface area contributed by atoms with Gasteiger partial charge in [-0.1, -0.05) is 36.4 Å². The maximum atomic E-state index is 9.38. The van der Waals surface area contributed by atoms with Crippen molar-refractivity contribution in [3.05, 3.63) is 72.1 Å². The molecular formula is C20H18N4. The van der Waals surface area contributed by atoms with Crippen molar-refractivity contribution >= 4 is 28.4 Å². The number of hydrogen-bond donors (Lipinski definition) is 1. The monoisotopic (exact) mass is 314 g/mol. The van der Waals surface area contributed by atoms with Gasteiger partial charge < -0.3 is 9.88 Å². The minimum atomic E-state index is 0.507. The molecule has 4 nitrogen and oxygen atoms in total. The van der Waals surface area contributed by atoms with Crippen molar-refractivity contribution in [2.45, 2.75) is 0 Å². The van der Waals surface area contributed by atoms with Crippen molar-refractivity contribution in [2.75, 3.05) is 19.0 Å². The van der Waals surface area contributed by atoms with E-state index in [2.05, 4.69) is 33.1 Å². The molecule has 3 rings (SSSR count). The number of aromatic nitrogens is 2. The van der Waals surface area contributed by atoms with E-state index in [0.29, 0.717) is 11.4 Å². The van der Waals surface area contributed by atoms with Crippen molar-refractivity contribution in [1.82, 2.24) is 9.97 Å². The zero-order chi connectivity index (χ0) is 16.9. The van der Waals surface area contributed by atoms with Crippen LogP contribution in [-0.2, 0) is 0 Å². The third kappa shape index (κ3) is 3.36. The maximum Gasteiger partial charge on any atom is 0.149 e. The lowest BCUT2D eigenvalue weighted by Gasteiger charge is -2.11. The smallest absolute Gasteiger partial charge is 0.149 e. The van der Waals surface area contributed by atoms with E-state index in [1.54, 1.807) is 6.08 Å². The molecule has 0 bridgehead atoms. The highest BCUT2D eigenvalue weighted by Gasteiger charge is 2.05. The Hall–Kier alpha value is -3.32. The highest BCUT2D eigenvalue weighted by Crippen LogP contribution is 2.17. The average Bonchev–Trinajstić information content (AvgIpc) is 3.03. The van der Waals surface area contributed by atoms with Crippen LogP contribution in [0, 0.1) is 11.3 Å². The summed E-state index contributed by atoms with van der Waals surface area (Å²) in [6, 6.07) is 18.2. The van der Waals surface area contributed by atoms with Crippen molar-refractivity contribution in [3.63, 3.8) is 0 Å². The van der Waals surface area contributed by atoms with Crippen molar-refractivity contribution in [3.8, 4) is 6.07 Å². The van der Waals surface area contributed by atoms with Gasteiger partial charge in [-0.3, -0.25) is 0 Å². The highest BCUT2D eigenvalue weighted by atomic mass is 15.1. The van der Waals surface area contributed by atoms with Gasteiger partial charge in [0.15, 0.2) is 0 Å². The fourth-order valence-electron chi connectivity index (χ4n) is 2.39. The number of hydrogen-bond acceptors (Lipinski definition) is 3. The van der Waals surface area contributed by atoms with Crippen LogP contribution in [0.5, 0.6) is 0 Å². The molecule has 24 heavy (non-hydrogen) atoms. The van der Waals surface area contributed by atoms with Crippen LogP contribution >= 0.6 is 0 Å². The third-order valence-corrected chi connectivity index (χ3v) is 3.73. The second-order valence-corrected chi connectivity index (χ2v) is 5.64. The van der Waals surface area contributed by atoms with Crippen molar-refractivity contribution in [1.29, 1.82) is 5.26 Å². The van der Waals surface area contributed by atoms with Gasteiger partial charge in [-0.2, -0.15) is 5.26 Å². The number of allylic oxidation sites excluding steroid dienone is 3. The first-order valence-electron chi connectivity index (χ1n) is 7.68. The molecule has 0 saturated carbocycles. The lowest BCUT2D eigenvalue weighted by Crippen LogP contribution is -2.07. The fraction of sp³-hybridized carbons (Fsp3) is 0.100. The van der Waals surface area contributed by atoms with Gasteiger partial charge in [0, 0.05) is 19.8 Å². The first-order chi connectivity index (χ1) is 11.7. The molecule has 0 atom stereocenters. The number of para-hydroxylation sites is 2. The van der Waals surface area contributed by atoms with Crippen LogP contribution in [0.2, 0.25) is 0 Å². The summed E-state index contributed by atoms with van der Waals surface area (Å²) in [6.07, 6.45) is 5.62. The molecule has 0 radical (unpaired) electrons. The summed E-state index contributed by atoms with van der Waals surface area (Å²) in [4.78, 5) is 9.69. The molecule has 1 N–H and O–H groups in total. The number of nitrogens with one attached hydrogen (secondary N) is 1. The molecule has 118 valence electrons. The van der Waals surface area contributed by atoms with Gasteiger partial charge in [0.1, 0.15) is 11.9 Å². The SMILES string of the molecule is CN(C)c1ccc(/C=C\C=C(\C#N)c2nc3ccccc3[nH]2)cc1. The molecule has 1 heterocycles. The molecule has 4 heteroatoms. The van der Waals surface area contributed by atoms with Gasteiger partial charge in [-0.25, -0.2) is 4.98 Å². The van der Waals surface area contributed by atoms with Gasteiger partial charge >= 0.3 is 0 Å². The Morgan fingerprint density at radius 3 is 2.54 bits per heavy atom. The van der Waals surface area contributed by atoms with Crippen molar-refractivity contribution < 1.29 is 0 Å². The Labute approximate surface area is 141 Å². The summed E-state index contributed by atoms with van der Waals surface area (Å²) >= 11 is 0. The Morgan fingerprint density at radius 1 is 1.12 bits per heavy atom. The minimum Gasteiger partial charge on any atom is -0.378 e. The number of fused-ring (bicyclic) bond motifs is 1. The van der Waals surface area contributed by atoms with E-state index in [1.165, 1.54) is 0 Å². The summed E-state index contributed by atoms with van der Waals surface area (Å²) in [5, 5.41) is 9.38. The molecular weight excluding hydrogens is 296 g/mol. The molecule has 0 spiro atoms. The second-order valence-electron chi connectivity index (χ2n) is 5.64. The standard InChI is InChI=1S/C20H18N4/c1-24(2)17-12-10-15(11-13-17)6-5-7-16(14-21)20-22-18-8-3-4-9-19(18)23-20/h3-13H,1-2H3,(H,22,23)/b6-5-,16-7-. The molecule has 0 unspecified atom stereocenters. The van der Waals surface area contributed by atoms with Crippen LogP contribution in [0.3, 0.4) is 0 Å². The number of aromatic amines is 1. The quantitative estimate of drug-likeness (QED) is 0.578. The first kappa shape index (κ1) is 15.6. The van der Waals surface area contributed by atoms with Gasteiger partial charge in [-0.15, -0.1) is 0 Å². The van der Waals surface area contributed by atoms with E-state index in [4.69, 9.17) is 0 Å². The van der Waals surface area contributed by atoms with E-state index >= 15 is 0 Å². The van der Waals surface area contributed by atoms with Gasteiger partial charge in [0.25, 0.3) is 0 Å². The zero-order valence-corrected chi connectivity index (χ0v) is 13.7. The number of H-pyrrole nitrogens is 1. The van der Waals surface area contributed by atoms with Crippen LogP contribution in [0.25, 0.3) is 22.7 Å². The number of nitriles is 1. The van der Waals surface area contributed by atoms with Gasteiger partial charge in [0.05, 0.1) is 16.6 Å². The Kier molecular flexibility index (Phi) is 4.44. The minimum absolute atomic E-state index is 0.507. The fourth-order valence-corrected chi connectivity index (χ4v) is 2.39. The Morgan fingerprint density at radius 2 is 1.88 bits per heavy atom. The molecule has 0 fully saturated rings. The molecule has 1 aromatic heterocycles. The van der Waals surface area contributed by atoms with Crippen LogP contribution in [0.4, 0.5) is 5.69 Å². The Balaban J connectivity index is 1.81. The third-order valence-electron chi connectivity index (χ3n) is 3.73.